The highest BCUT2D eigenvalue weighted by Crippen LogP contribution is 2.26. The third kappa shape index (κ3) is 6.02. The first-order chi connectivity index (χ1) is 16.1. The van der Waals surface area contributed by atoms with E-state index < -0.39 is 0 Å². The molecule has 0 saturated heterocycles. The lowest BCUT2D eigenvalue weighted by molar-refractivity contribution is -0.123. The Balaban J connectivity index is 1.48. The van der Waals surface area contributed by atoms with E-state index in [0.29, 0.717) is 11.6 Å². The van der Waals surface area contributed by atoms with Crippen LogP contribution in [0.1, 0.15) is 22.5 Å². The molecule has 0 aliphatic heterocycles. The van der Waals surface area contributed by atoms with Crippen molar-refractivity contribution in [3.05, 3.63) is 101 Å². The van der Waals surface area contributed by atoms with E-state index in [-0.39, 0.29) is 19.1 Å². The van der Waals surface area contributed by atoms with E-state index in [1.54, 1.807) is 11.8 Å². The molecule has 0 radical (unpaired) electrons. The van der Waals surface area contributed by atoms with Crippen LogP contribution in [0.25, 0.3) is 5.69 Å². The van der Waals surface area contributed by atoms with Gasteiger partial charge >= 0.3 is 0 Å². The van der Waals surface area contributed by atoms with Gasteiger partial charge in [-0.05, 0) is 49.2 Å². The molecule has 1 heterocycles. The highest BCUT2D eigenvalue weighted by molar-refractivity contribution is 7.98. The van der Waals surface area contributed by atoms with Crippen molar-refractivity contribution in [3.63, 3.8) is 0 Å². The normalized spacial score (nSPS) is 10.7. The van der Waals surface area contributed by atoms with Gasteiger partial charge in [-0.25, -0.2) is 0 Å². The molecule has 168 valence electrons. The minimum Gasteiger partial charge on any atom is -0.484 e. The van der Waals surface area contributed by atoms with Crippen LogP contribution in [0.2, 0.25) is 0 Å². The Bertz CT molecular complexity index is 1210. The summed E-state index contributed by atoms with van der Waals surface area (Å²) in [6.07, 6.45) is 0. The zero-order chi connectivity index (χ0) is 23.0. The lowest BCUT2D eigenvalue weighted by Crippen LogP contribution is -2.29. The maximum Gasteiger partial charge on any atom is 0.258 e. The van der Waals surface area contributed by atoms with E-state index in [0.717, 1.165) is 16.6 Å². The number of aryl methyl sites for hydroxylation is 2. The van der Waals surface area contributed by atoms with Gasteiger partial charge in [-0.15, -0.1) is 10.2 Å². The molecular weight excluding hydrogens is 432 g/mol. The summed E-state index contributed by atoms with van der Waals surface area (Å²) in [6, 6.07) is 25.8. The first-order valence-electron chi connectivity index (χ1n) is 10.7. The van der Waals surface area contributed by atoms with Crippen molar-refractivity contribution in [1.82, 2.24) is 20.1 Å². The number of amides is 1. The van der Waals surface area contributed by atoms with Crippen LogP contribution in [0.3, 0.4) is 0 Å². The number of nitrogens with zero attached hydrogens (tertiary/aromatic N) is 3. The fourth-order valence-corrected chi connectivity index (χ4v) is 4.32. The standard InChI is InChI=1S/C26H26N4O2S/c1-19-12-14-22(15-13-19)30-24(16-27-25(31)17-32-23-10-4-3-5-11-23)28-29-26(30)33-18-21-9-7-6-8-20(21)2/h3-15H,16-18H2,1-2H3,(H,27,31). The maximum absolute atomic E-state index is 12.3. The quantitative estimate of drug-likeness (QED) is 0.362. The summed E-state index contributed by atoms with van der Waals surface area (Å²) >= 11 is 1.63. The van der Waals surface area contributed by atoms with Crippen LogP contribution < -0.4 is 10.1 Å². The number of aromatic nitrogens is 3. The van der Waals surface area contributed by atoms with Crippen molar-refractivity contribution in [2.75, 3.05) is 6.61 Å². The first-order valence-corrected chi connectivity index (χ1v) is 11.7. The van der Waals surface area contributed by atoms with Crippen molar-refractivity contribution in [2.45, 2.75) is 31.3 Å². The molecule has 3 aromatic carbocycles. The van der Waals surface area contributed by atoms with Crippen molar-refractivity contribution in [1.29, 1.82) is 0 Å². The van der Waals surface area contributed by atoms with Crippen LogP contribution in [0.5, 0.6) is 5.75 Å². The second-order valence-electron chi connectivity index (χ2n) is 7.66. The molecule has 0 saturated carbocycles. The third-order valence-electron chi connectivity index (χ3n) is 5.17. The molecule has 4 aromatic rings. The second kappa shape index (κ2) is 10.8. The third-order valence-corrected chi connectivity index (χ3v) is 6.15. The van der Waals surface area contributed by atoms with Crippen LogP contribution >= 0.6 is 11.8 Å². The molecule has 0 atom stereocenters. The van der Waals surface area contributed by atoms with E-state index >= 15 is 0 Å². The average Bonchev–Trinajstić information content (AvgIpc) is 3.25. The summed E-state index contributed by atoms with van der Waals surface area (Å²) < 4.78 is 7.53. The molecule has 0 unspecified atom stereocenters. The molecule has 0 bridgehead atoms. The second-order valence-corrected chi connectivity index (χ2v) is 8.61. The number of thioether (sulfide) groups is 1. The number of rotatable bonds is 9. The van der Waals surface area contributed by atoms with Crippen molar-refractivity contribution in [3.8, 4) is 11.4 Å². The van der Waals surface area contributed by atoms with Crippen LogP contribution in [-0.2, 0) is 17.1 Å². The SMILES string of the molecule is Cc1ccc(-n2c(CNC(=O)COc3ccccc3)nnc2SCc2ccccc2C)cc1. The van der Waals surface area contributed by atoms with Gasteiger partial charge in [0.2, 0.25) is 0 Å². The molecule has 6 nitrogen and oxygen atoms in total. The van der Waals surface area contributed by atoms with E-state index in [9.17, 15) is 4.79 Å². The van der Waals surface area contributed by atoms with Gasteiger partial charge in [-0.3, -0.25) is 9.36 Å². The molecule has 1 amide bonds. The molecule has 0 aliphatic rings. The lowest BCUT2D eigenvalue weighted by Gasteiger charge is -2.12. The van der Waals surface area contributed by atoms with Crippen LogP contribution in [0.4, 0.5) is 0 Å². The highest BCUT2D eigenvalue weighted by Gasteiger charge is 2.16. The Morgan fingerprint density at radius 1 is 0.939 bits per heavy atom. The van der Waals surface area contributed by atoms with Crippen LogP contribution in [0.15, 0.2) is 84.0 Å². The van der Waals surface area contributed by atoms with E-state index in [1.807, 2.05) is 59.2 Å². The minimum atomic E-state index is -0.216. The maximum atomic E-state index is 12.3. The van der Waals surface area contributed by atoms with Gasteiger partial charge in [-0.1, -0.05) is 71.9 Å². The van der Waals surface area contributed by atoms with E-state index in [4.69, 9.17) is 4.74 Å². The number of carbonyl (C=O) groups excluding carboxylic acids is 1. The molecule has 0 aliphatic carbocycles. The predicted octanol–water partition coefficient (Wildman–Crippen LogP) is 4.87. The summed E-state index contributed by atoms with van der Waals surface area (Å²) in [7, 11) is 0. The fraction of sp³-hybridized carbons (Fsp3) is 0.192. The molecule has 4 rings (SSSR count). The number of carbonyl (C=O) groups is 1. The molecular formula is C26H26N4O2S. The number of hydrogen-bond donors (Lipinski definition) is 1. The van der Waals surface area contributed by atoms with Gasteiger partial charge in [-0.2, -0.15) is 0 Å². The molecule has 0 fully saturated rings. The molecule has 1 aromatic heterocycles. The fourth-order valence-electron chi connectivity index (χ4n) is 3.27. The lowest BCUT2D eigenvalue weighted by atomic mass is 10.1. The summed E-state index contributed by atoms with van der Waals surface area (Å²) in [6.45, 7) is 4.36. The summed E-state index contributed by atoms with van der Waals surface area (Å²) in [5.74, 6) is 1.89. The minimum absolute atomic E-state index is 0.0580. The van der Waals surface area contributed by atoms with Gasteiger partial charge in [0.05, 0.1) is 6.54 Å². The Labute approximate surface area is 198 Å². The topological polar surface area (TPSA) is 69.0 Å². The first kappa shape index (κ1) is 22.6. The highest BCUT2D eigenvalue weighted by atomic mass is 32.2. The monoisotopic (exact) mass is 458 g/mol. The molecule has 33 heavy (non-hydrogen) atoms. The van der Waals surface area contributed by atoms with Gasteiger partial charge in [0.15, 0.2) is 17.6 Å². The van der Waals surface area contributed by atoms with Crippen molar-refractivity contribution in [2.24, 2.45) is 0 Å². The van der Waals surface area contributed by atoms with Gasteiger partial charge < -0.3 is 10.1 Å². The Morgan fingerprint density at radius 3 is 2.42 bits per heavy atom. The number of hydrogen-bond acceptors (Lipinski definition) is 5. The summed E-state index contributed by atoms with van der Waals surface area (Å²) in [4.78, 5) is 12.3. The molecule has 7 heteroatoms. The predicted molar refractivity (Wildman–Crippen MR) is 131 cm³/mol. The summed E-state index contributed by atoms with van der Waals surface area (Å²) in [5.41, 5.74) is 4.64. The van der Waals surface area contributed by atoms with Gasteiger partial charge in [0.25, 0.3) is 5.91 Å². The largest absolute Gasteiger partial charge is 0.484 e. The van der Waals surface area contributed by atoms with E-state index in [1.165, 1.54) is 16.7 Å². The van der Waals surface area contributed by atoms with Crippen molar-refractivity contribution >= 4 is 17.7 Å². The Hall–Kier alpha value is -3.58. The zero-order valence-corrected chi connectivity index (χ0v) is 19.5. The number of para-hydroxylation sites is 1. The number of nitrogens with one attached hydrogen (secondary N) is 1. The van der Waals surface area contributed by atoms with E-state index in [2.05, 4.69) is 53.6 Å². The molecule has 0 spiro atoms. The Kier molecular flexibility index (Phi) is 7.42. The summed E-state index contributed by atoms with van der Waals surface area (Å²) in [5, 5.41) is 12.5. The zero-order valence-electron chi connectivity index (χ0n) is 18.7. The van der Waals surface area contributed by atoms with Crippen LogP contribution in [0, 0.1) is 13.8 Å². The smallest absolute Gasteiger partial charge is 0.258 e. The molecule has 1 N–H and O–H groups in total. The Morgan fingerprint density at radius 2 is 1.67 bits per heavy atom. The van der Waals surface area contributed by atoms with Crippen molar-refractivity contribution < 1.29 is 9.53 Å². The van der Waals surface area contributed by atoms with Gasteiger partial charge in [0, 0.05) is 11.4 Å². The average molecular weight is 459 g/mol. The number of ether oxygens (including phenoxy) is 1. The number of benzene rings is 3. The van der Waals surface area contributed by atoms with Gasteiger partial charge in [0.1, 0.15) is 5.75 Å². The van der Waals surface area contributed by atoms with Crippen LogP contribution in [-0.4, -0.2) is 27.3 Å².